The maximum Gasteiger partial charge on any atom is 0.251 e. The van der Waals surface area contributed by atoms with Crippen molar-refractivity contribution in [1.29, 1.82) is 0 Å². The van der Waals surface area contributed by atoms with Gasteiger partial charge in [-0.15, -0.1) is 0 Å². The van der Waals surface area contributed by atoms with E-state index in [0.717, 1.165) is 12.8 Å². The van der Waals surface area contributed by atoms with Crippen molar-refractivity contribution in [1.82, 2.24) is 5.32 Å². The van der Waals surface area contributed by atoms with Gasteiger partial charge in [-0.05, 0) is 58.8 Å². The summed E-state index contributed by atoms with van der Waals surface area (Å²) < 4.78 is 23.2. The van der Waals surface area contributed by atoms with Crippen LogP contribution in [-0.2, 0) is 10.0 Å². The molecule has 1 saturated carbocycles. The monoisotopic (exact) mass is 374 g/mol. The average molecular weight is 375 g/mol. The first-order valence-electron chi connectivity index (χ1n) is 6.88. The molecule has 2 unspecified atom stereocenters. The van der Waals surface area contributed by atoms with Crippen LogP contribution in [0.15, 0.2) is 27.6 Å². The second kappa shape index (κ2) is 6.46. The molecule has 7 heteroatoms. The lowest BCUT2D eigenvalue weighted by molar-refractivity contribution is 0.0947. The standard InChI is InChI=1S/C14H19BrN2O3S/c1-9-2-3-10(6-9)8-17-14(18)11-4-5-12(15)13(7-11)21(16,19)20/h4-5,7,9-10H,2-3,6,8H2,1H3,(H,17,18)(H2,16,19,20). The van der Waals surface area contributed by atoms with Crippen molar-refractivity contribution in [2.24, 2.45) is 17.0 Å². The van der Waals surface area contributed by atoms with E-state index in [1.807, 2.05) is 0 Å². The SMILES string of the molecule is CC1CCC(CNC(=O)c2ccc(Br)c(S(N)(=O)=O)c2)C1. The molecule has 5 nitrogen and oxygen atoms in total. The van der Waals surface area contributed by atoms with Crippen LogP contribution in [0.3, 0.4) is 0 Å². The smallest absolute Gasteiger partial charge is 0.251 e. The van der Waals surface area contributed by atoms with Gasteiger partial charge >= 0.3 is 0 Å². The average Bonchev–Trinajstić information content (AvgIpc) is 2.81. The highest BCUT2D eigenvalue weighted by molar-refractivity contribution is 9.10. The summed E-state index contributed by atoms with van der Waals surface area (Å²) in [6, 6.07) is 4.39. The zero-order valence-electron chi connectivity index (χ0n) is 11.8. The molecule has 3 N–H and O–H groups in total. The van der Waals surface area contributed by atoms with Crippen LogP contribution in [0.2, 0.25) is 0 Å². The first-order valence-corrected chi connectivity index (χ1v) is 9.22. The number of amides is 1. The molecule has 1 aliphatic carbocycles. The maximum atomic E-state index is 12.1. The molecule has 1 fully saturated rings. The molecule has 116 valence electrons. The van der Waals surface area contributed by atoms with E-state index in [2.05, 4.69) is 28.2 Å². The van der Waals surface area contributed by atoms with Crippen LogP contribution in [0.4, 0.5) is 0 Å². The van der Waals surface area contributed by atoms with Crippen LogP contribution < -0.4 is 10.5 Å². The number of nitrogens with two attached hydrogens (primary N) is 1. The Morgan fingerprint density at radius 3 is 2.71 bits per heavy atom. The fourth-order valence-electron chi connectivity index (χ4n) is 2.71. The molecule has 1 amide bonds. The van der Waals surface area contributed by atoms with Gasteiger partial charge in [0, 0.05) is 16.6 Å². The predicted octanol–water partition coefficient (Wildman–Crippen LogP) is 2.26. The van der Waals surface area contributed by atoms with Crippen LogP contribution in [0.5, 0.6) is 0 Å². The van der Waals surface area contributed by atoms with Gasteiger partial charge in [0.05, 0.1) is 4.90 Å². The molecule has 0 aromatic heterocycles. The van der Waals surface area contributed by atoms with E-state index in [1.54, 1.807) is 6.07 Å². The van der Waals surface area contributed by atoms with E-state index in [1.165, 1.54) is 18.6 Å². The van der Waals surface area contributed by atoms with Crippen LogP contribution in [0, 0.1) is 11.8 Å². The molecule has 1 aromatic rings. The number of hydrogen-bond donors (Lipinski definition) is 2. The van der Waals surface area contributed by atoms with Crippen molar-refractivity contribution in [2.45, 2.75) is 31.1 Å². The van der Waals surface area contributed by atoms with E-state index in [-0.39, 0.29) is 10.8 Å². The lowest BCUT2D eigenvalue weighted by atomic mass is 10.1. The molecule has 0 spiro atoms. The van der Waals surface area contributed by atoms with E-state index in [4.69, 9.17) is 5.14 Å². The van der Waals surface area contributed by atoms with Crippen LogP contribution in [-0.4, -0.2) is 20.9 Å². The van der Waals surface area contributed by atoms with Gasteiger partial charge < -0.3 is 5.32 Å². The Labute approximate surface area is 133 Å². The first kappa shape index (κ1) is 16.5. The summed E-state index contributed by atoms with van der Waals surface area (Å²) in [5, 5.41) is 8.00. The predicted molar refractivity (Wildman–Crippen MR) is 84.4 cm³/mol. The van der Waals surface area contributed by atoms with Crippen LogP contribution in [0.25, 0.3) is 0 Å². The quantitative estimate of drug-likeness (QED) is 0.846. The summed E-state index contributed by atoms with van der Waals surface area (Å²) in [7, 11) is -3.85. The number of halogens is 1. The molecular formula is C14H19BrN2O3S. The molecule has 1 aromatic carbocycles. The lowest BCUT2D eigenvalue weighted by Gasteiger charge is -2.12. The Kier molecular flexibility index (Phi) is 5.06. The minimum atomic E-state index is -3.85. The van der Waals surface area contributed by atoms with Crippen molar-refractivity contribution < 1.29 is 13.2 Å². The van der Waals surface area contributed by atoms with Crippen molar-refractivity contribution in [2.75, 3.05) is 6.54 Å². The summed E-state index contributed by atoms with van der Waals surface area (Å²) >= 11 is 3.12. The Balaban J connectivity index is 2.06. The van der Waals surface area contributed by atoms with E-state index in [9.17, 15) is 13.2 Å². The molecule has 0 saturated heterocycles. The summed E-state index contributed by atoms with van der Waals surface area (Å²) in [5.74, 6) is 0.956. The third kappa shape index (κ3) is 4.28. The van der Waals surface area contributed by atoms with Crippen LogP contribution in [0.1, 0.15) is 36.5 Å². The Hall–Kier alpha value is -0.920. The van der Waals surface area contributed by atoms with Crippen molar-refractivity contribution >= 4 is 31.9 Å². The number of hydrogen-bond acceptors (Lipinski definition) is 3. The van der Waals surface area contributed by atoms with Gasteiger partial charge in [-0.25, -0.2) is 13.6 Å². The molecule has 2 atom stereocenters. The maximum absolute atomic E-state index is 12.1. The second-order valence-corrected chi connectivity index (χ2v) is 8.07. The Morgan fingerprint density at radius 2 is 2.14 bits per heavy atom. The fraction of sp³-hybridized carbons (Fsp3) is 0.500. The van der Waals surface area contributed by atoms with Gasteiger partial charge in [-0.1, -0.05) is 13.3 Å². The normalized spacial score (nSPS) is 22.2. The topological polar surface area (TPSA) is 89.3 Å². The third-order valence-electron chi connectivity index (χ3n) is 3.85. The van der Waals surface area contributed by atoms with E-state index < -0.39 is 10.0 Å². The Bertz CT molecular complexity index is 646. The van der Waals surface area contributed by atoms with Gasteiger partial charge in [0.25, 0.3) is 5.91 Å². The molecule has 21 heavy (non-hydrogen) atoms. The highest BCUT2D eigenvalue weighted by Gasteiger charge is 2.22. The minimum Gasteiger partial charge on any atom is -0.352 e. The summed E-state index contributed by atoms with van der Waals surface area (Å²) in [6.45, 7) is 2.85. The number of sulfonamides is 1. The molecule has 0 radical (unpaired) electrons. The third-order valence-corrected chi connectivity index (χ3v) is 5.76. The van der Waals surface area contributed by atoms with Crippen molar-refractivity contribution in [3.05, 3.63) is 28.2 Å². The molecular weight excluding hydrogens is 356 g/mol. The number of carbonyl (C=O) groups is 1. The minimum absolute atomic E-state index is 0.0790. The summed E-state index contributed by atoms with van der Waals surface area (Å²) in [5.41, 5.74) is 0.299. The van der Waals surface area contributed by atoms with E-state index in [0.29, 0.717) is 28.4 Å². The van der Waals surface area contributed by atoms with Gasteiger partial charge in [-0.3, -0.25) is 4.79 Å². The van der Waals surface area contributed by atoms with E-state index >= 15 is 0 Å². The molecule has 2 rings (SSSR count). The zero-order chi connectivity index (χ0) is 15.6. The van der Waals surface area contributed by atoms with Gasteiger partial charge in [0.2, 0.25) is 10.0 Å². The highest BCUT2D eigenvalue weighted by atomic mass is 79.9. The lowest BCUT2D eigenvalue weighted by Crippen LogP contribution is -2.28. The molecule has 1 aliphatic rings. The number of rotatable bonds is 4. The Morgan fingerprint density at radius 1 is 1.43 bits per heavy atom. The van der Waals surface area contributed by atoms with Gasteiger partial charge in [0.1, 0.15) is 0 Å². The molecule has 0 aliphatic heterocycles. The second-order valence-electron chi connectivity index (χ2n) is 5.68. The first-order chi connectivity index (χ1) is 9.77. The number of primary sulfonamides is 1. The molecule has 0 bridgehead atoms. The summed E-state index contributed by atoms with van der Waals surface area (Å²) in [6.07, 6.45) is 3.46. The largest absolute Gasteiger partial charge is 0.352 e. The number of nitrogens with one attached hydrogen (secondary N) is 1. The number of benzene rings is 1. The number of carbonyl (C=O) groups excluding carboxylic acids is 1. The van der Waals surface area contributed by atoms with Crippen LogP contribution >= 0.6 is 15.9 Å². The fourth-order valence-corrected chi connectivity index (χ4v) is 4.27. The zero-order valence-corrected chi connectivity index (χ0v) is 14.2. The van der Waals surface area contributed by atoms with Crippen molar-refractivity contribution in [3.63, 3.8) is 0 Å². The van der Waals surface area contributed by atoms with Crippen molar-refractivity contribution in [3.8, 4) is 0 Å². The summed E-state index contributed by atoms with van der Waals surface area (Å²) in [4.78, 5) is 12.0. The molecule has 0 heterocycles. The van der Waals surface area contributed by atoms with Gasteiger partial charge in [-0.2, -0.15) is 0 Å². The van der Waals surface area contributed by atoms with Gasteiger partial charge in [0.15, 0.2) is 0 Å². The highest BCUT2D eigenvalue weighted by Crippen LogP contribution is 2.29.